The van der Waals surface area contributed by atoms with E-state index in [-0.39, 0.29) is 23.7 Å². The van der Waals surface area contributed by atoms with Crippen molar-refractivity contribution in [3.63, 3.8) is 0 Å². The van der Waals surface area contributed by atoms with Crippen LogP contribution in [0.2, 0.25) is 0 Å². The lowest BCUT2D eigenvalue weighted by molar-refractivity contribution is -0.129. The van der Waals surface area contributed by atoms with Crippen LogP contribution >= 0.6 is 0 Å². The highest BCUT2D eigenvalue weighted by atomic mass is 16.3. The summed E-state index contributed by atoms with van der Waals surface area (Å²) in [7, 11) is 0. The number of amides is 2. The van der Waals surface area contributed by atoms with Crippen LogP contribution in [0.1, 0.15) is 39.5 Å². The monoisotopic (exact) mass is 256 g/mol. The zero-order valence-corrected chi connectivity index (χ0v) is 11.2. The van der Waals surface area contributed by atoms with Gasteiger partial charge in [-0.05, 0) is 12.3 Å². The second-order valence-corrected chi connectivity index (χ2v) is 4.93. The lowest BCUT2D eigenvalue weighted by Crippen LogP contribution is -2.45. The molecule has 1 fully saturated rings. The van der Waals surface area contributed by atoms with Crippen LogP contribution in [-0.4, -0.2) is 36.1 Å². The molecule has 0 saturated carbocycles. The van der Waals surface area contributed by atoms with Gasteiger partial charge in [-0.15, -0.1) is 0 Å². The Kier molecular flexibility index (Phi) is 6.12. The van der Waals surface area contributed by atoms with E-state index in [9.17, 15) is 14.7 Å². The highest BCUT2D eigenvalue weighted by Crippen LogP contribution is 2.13. The van der Waals surface area contributed by atoms with E-state index in [0.717, 1.165) is 12.8 Å². The number of aliphatic hydroxyl groups is 1. The molecule has 1 aliphatic heterocycles. The van der Waals surface area contributed by atoms with E-state index in [2.05, 4.69) is 10.6 Å². The highest BCUT2D eigenvalue weighted by Gasteiger charge is 2.25. The first-order valence-electron chi connectivity index (χ1n) is 6.80. The third-order valence-corrected chi connectivity index (χ3v) is 3.71. The van der Waals surface area contributed by atoms with Gasteiger partial charge in [0.15, 0.2) is 0 Å². The van der Waals surface area contributed by atoms with E-state index < -0.39 is 6.10 Å². The summed E-state index contributed by atoms with van der Waals surface area (Å²) in [5.74, 6) is 0.0177. The first-order chi connectivity index (χ1) is 8.58. The molecule has 5 nitrogen and oxygen atoms in total. The summed E-state index contributed by atoms with van der Waals surface area (Å²) in [6, 6.07) is 0. The number of hydrogen-bond donors (Lipinski definition) is 3. The predicted octanol–water partition coefficient (Wildman–Crippen LogP) is 0.426. The molecular weight excluding hydrogens is 232 g/mol. The van der Waals surface area contributed by atoms with Crippen molar-refractivity contribution in [3.05, 3.63) is 0 Å². The van der Waals surface area contributed by atoms with Crippen LogP contribution in [0, 0.1) is 11.8 Å². The summed E-state index contributed by atoms with van der Waals surface area (Å²) in [5.41, 5.74) is 0. The predicted molar refractivity (Wildman–Crippen MR) is 68.8 cm³/mol. The number of hydrogen-bond acceptors (Lipinski definition) is 3. The Bertz CT molecular complexity index is 280. The summed E-state index contributed by atoms with van der Waals surface area (Å²) >= 11 is 0. The molecule has 0 aliphatic carbocycles. The molecule has 5 heteroatoms. The van der Waals surface area contributed by atoms with Crippen molar-refractivity contribution in [1.82, 2.24) is 10.6 Å². The van der Waals surface area contributed by atoms with Gasteiger partial charge in [0.1, 0.15) is 0 Å². The lowest BCUT2D eigenvalue weighted by atomic mass is 9.95. The largest absolute Gasteiger partial charge is 0.391 e. The Morgan fingerprint density at radius 2 is 2.17 bits per heavy atom. The lowest BCUT2D eigenvalue weighted by Gasteiger charge is -2.24. The molecule has 1 rings (SSSR count). The Balaban J connectivity index is 2.30. The molecule has 3 N–H and O–H groups in total. The second kappa shape index (κ2) is 7.36. The molecule has 1 heterocycles. The van der Waals surface area contributed by atoms with E-state index in [1.165, 1.54) is 0 Å². The molecular formula is C13H24N2O3. The fourth-order valence-electron chi connectivity index (χ4n) is 2.31. The molecule has 0 aromatic rings. The third kappa shape index (κ3) is 4.29. The third-order valence-electron chi connectivity index (χ3n) is 3.71. The fraction of sp³-hybridized carbons (Fsp3) is 0.846. The van der Waals surface area contributed by atoms with Gasteiger partial charge in [0.25, 0.3) is 0 Å². The Morgan fingerprint density at radius 1 is 1.50 bits per heavy atom. The minimum Gasteiger partial charge on any atom is -0.391 e. The van der Waals surface area contributed by atoms with Gasteiger partial charge in [0.05, 0.1) is 12.0 Å². The van der Waals surface area contributed by atoms with Gasteiger partial charge in [-0.1, -0.05) is 26.7 Å². The molecule has 2 unspecified atom stereocenters. The van der Waals surface area contributed by atoms with Crippen LogP contribution in [0.4, 0.5) is 0 Å². The maximum Gasteiger partial charge on any atom is 0.224 e. The van der Waals surface area contributed by atoms with Crippen molar-refractivity contribution in [2.24, 2.45) is 11.8 Å². The minimum absolute atomic E-state index is 0.0103. The molecule has 2 atom stereocenters. The summed E-state index contributed by atoms with van der Waals surface area (Å²) in [6.07, 6.45) is 2.34. The number of carbonyl (C=O) groups is 2. The standard InChI is InChI=1S/C13H24N2O3/c1-3-9(4-2)11(16)8-15-13(18)10-5-6-12(17)14-7-10/h9-11,16H,3-8H2,1-2H3,(H,14,17)(H,15,18). The number of carbonyl (C=O) groups excluding carboxylic acids is 2. The maximum absolute atomic E-state index is 11.8. The molecule has 0 aromatic carbocycles. The van der Waals surface area contributed by atoms with Crippen LogP contribution in [0.15, 0.2) is 0 Å². The molecule has 18 heavy (non-hydrogen) atoms. The van der Waals surface area contributed by atoms with E-state index in [4.69, 9.17) is 0 Å². The summed E-state index contributed by atoms with van der Waals surface area (Å²) in [4.78, 5) is 22.8. The van der Waals surface area contributed by atoms with Gasteiger partial charge in [0.2, 0.25) is 11.8 Å². The number of nitrogens with one attached hydrogen (secondary N) is 2. The fourth-order valence-corrected chi connectivity index (χ4v) is 2.31. The normalized spacial score (nSPS) is 21.6. The van der Waals surface area contributed by atoms with Crippen molar-refractivity contribution >= 4 is 11.8 Å². The first-order valence-corrected chi connectivity index (χ1v) is 6.80. The Morgan fingerprint density at radius 3 is 2.67 bits per heavy atom. The van der Waals surface area contributed by atoms with Crippen LogP contribution < -0.4 is 10.6 Å². The Hall–Kier alpha value is -1.10. The van der Waals surface area contributed by atoms with Gasteiger partial charge < -0.3 is 15.7 Å². The molecule has 0 bridgehead atoms. The second-order valence-electron chi connectivity index (χ2n) is 4.93. The number of rotatable bonds is 6. The van der Waals surface area contributed by atoms with E-state index >= 15 is 0 Å². The summed E-state index contributed by atoms with van der Waals surface area (Å²) in [5, 5.41) is 15.4. The zero-order chi connectivity index (χ0) is 13.5. The highest BCUT2D eigenvalue weighted by molar-refractivity contribution is 5.83. The molecule has 0 spiro atoms. The smallest absolute Gasteiger partial charge is 0.224 e. The van der Waals surface area contributed by atoms with Gasteiger partial charge in [-0.3, -0.25) is 9.59 Å². The van der Waals surface area contributed by atoms with Crippen molar-refractivity contribution < 1.29 is 14.7 Å². The van der Waals surface area contributed by atoms with Crippen LogP contribution in [0.3, 0.4) is 0 Å². The van der Waals surface area contributed by atoms with Gasteiger partial charge in [-0.2, -0.15) is 0 Å². The molecule has 104 valence electrons. The zero-order valence-electron chi connectivity index (χ0n) is 11.2. The Labute approximate surface area is 108 Å². The first kappa shape index (κ1) is 15.0. The van der Waals surface area contributed by atoms with E-state index in [1.54, 1.807) is 0 Å². The van der Waals surface area contributed by atoms with Crippen LogP contribution in [0.5, 0.6) is 0 Å². The molecule has 0 aromatic heterocycles. The quantitative estimate of drug-likeness (QED) is 0.644. The minimum atomic E-state index is -0.484. The average molecular weight is 256 g/mol. The van der Waals surface area contributed by atoms with Crippen molar-refractivity contribution in [2.75, 3.05) is 13.1 Å². The SMILES string of the molecule is CCC(CC)C(O)CNC(=O)C1CCC(=O)NC1. The number of aliphatic hydroxyl groups excluding tert-OH is 1. The number of piperidine rings is 1. The maximum atomic E-state index is 11.8. The van der Waals surface area contributed by atoms with Gasteiger partial charge in [0, 0.05) is 19.5 Å². The van der Waals surface area contributed by atoms with Crippen molar-refractivity contribution in [3.8, 4) is 0 Å². The van der Waals surface area contributed by atoms with Crippen LogP contribution in [0.25, 0.3) is 0 Å². The summed E-state index contributed by atoms with van der Waals surface area (Å²) < 4.78 is 0. The molecule has 0 radical (unpaired) electrons. The van der Waals surface area contributed by atoms with E-state index in [1.807, 2.05) is 13.8 Å². The topological polar surface area (TPSA) is 78.4 Å². The summed E-state index contributed by atoms with van der Waals surface area (Å²) in [6.45, 7) is 4.78. The molecule has 1 saturated heterocycles. The van der Waals surface area contributed by atoms with Crippen LogP contribution in [-0.2, 0) is 9.59 Å². The van der Waals surface area contributed by atoms with Crippen molar-refractivity contribution in [2.45, 2.75) is 45.6 Å². The van der Waals surface area contributed by atoms with Gasteiger partial charge >= 0.3 is 0 Å². The van der Waals surface area contributed by atoms with Gasteiger partial charge in [-0.25, -0.2) is 0 Å². The average Bonchev–Trinajstić information content (AvgIpc) is 2.38. The van der Waals surface area contributed by atoms with Crippen molar-refractivity contribution in [1.29, 1.82) is 0 Å². The van der Waals surface area contributed by atoms with E-state index in [0.29, 0.717) is 25.9 Å². The molecule has 1 aliphatic rings. The molecule has 2 amide bonds.